The molecule has 3 aliphatic heterocycles. The van der Waals surface area contributed by atoms with E-state index in [9.17, 15) is 19.5 Å². The highest BCUT2D eigenvalue weighted by Gasteiger charge is 2.39. The Balaban J connectivity index is 0.916. The van der Waals surface area contributed by atoms with Crippen molar-refractivity contribution in [2.45, 2.75) is 76.8 Å². The average Bonchev–Trinajstić information content (AvgIpc) is 3.70. The van der Waals surface area contributed by atoms with Gasteiger partial charge >= 0.3 is 0 Å². The third kappa shape index (κ3) is 10.1. The van der Waals surface area contributed by atoms with E-state index in [2.05, 4.69) is 46.1 Å². The number of aromatic nitrogens is 1. The van der Waals surface area contributed by atoms with E-state index in [4.69, 9.17) is 21.9 Å². The van der Waals surface area contributed by atoms with Gasteiger partial charge in [0.25, 0.3) is 5.91 Å². The van der Waals surface area contributed by atoms with E-state index in [1.807, 2.05) is 48.9 Å². The maximum Gasteiger partial charge on any atom is 0.253 e. The van der Waals surface area contributed by atoms with Gasteiger partial charge in [-0.1, -0.05) is 18.2 Å². The second kappa shape index (κ2) is 19.1. The van der Waals surface area contributed by atoms with Gasteiger partial charge in [0, 0.05) is 124 Å². The third-order valence-corrected chi connectivity index (χ3v) is 13.1. The number of nitrogens with zero attached hydrogens (tertiary/aromatic N) is 5. The summed E-state index contributed by atoms with van der Waals surface area (Å²) in [5.41, 5.74) is 24.5. The number of hydrogen-bond acceptors (Lipinski definition) is 11. The molecule has 14 nitrogen and oxygen atoms in total. The van der Waals surface area contributed by atoms with E-state index >= 15 is 4.39 Å². The lowest BCUT2D eigenvalue weighted by molar-refractivity contribution is -0.125. The van der Waals surface area contributed by atoms with Crippen LogP contribution in [0, 0.1) is 13.8 Å². The number of ether oxygens (including phenoxy) is 1. The molecule has 3 saturated heterocycles. The number of morpholine rings is 1. The molecule has 4 aromatic rings. The van der Waals surface area contributed by atoms with Crippen LogP contribution < -0.4 is 27.4 Å². The van der Waals surface area contributed by atoms with Gasteiger partial charge in [-0.2, -0.15) is 0 Å². The topological polar surface area (TPSA) is 189 Å². The van der Waals surface area contributed by atoms with Crippen molar-refractivity contribution in [1.29, 1.82) is 0 Å². The highest BCUT2D eigenvalue weighted by molar-refractivity contribution is 5.94. The number of imide groups is 1. The number of benzene rings is 3. The molecule has 2 unspecified atom stereocenters. The van der Waals surface area contributed by atoms with Crippen molar-refractivity contribution in [3.8, 4) is 5.75 Å². The molecule has 0 saturated carbocycles. The molecule has 1 aromatic heterocycles. The molecule has 15 heteroatoms. The predicted molar refractivity (Wildman–Crippen MR) is 244 cm³/mol. The van der Waals surface area contributed by atoms with E-state index in [0.717, 1.165) is 59.2 Å². The van der Waals surface area contributed by atoms with Crippen molar-refractivity contribution in [1.82, 2.24) is 24.6 Å². The van der Waals surface area contributed by atoms with E-state index in [1.54, 1.807) is 35.2 Å². The zero-order valence-corrected chi connectivity index (χ0v) is 36.9. The van der Waals surface area contributed by atoms with E-state index in [1.165, 1.54) is 0 Å². The van der Waals surface area contributed by atoms with Crippen LogP contribution in [0.4, 0.5) is 10.1 Å². The van der Waals surface area contributed by atoms with Crippen molar-refractivity contribution in [3.05, 3.63) is 112 Å². The van der Waals surface area contributed by atoms with Gasteiger partial charge in [0.05, 0.1) is 11.8 Å². The summed E-state index contributed by atoms with van der Waals surface area (Å²) >= 11 is 0. The largest absolute Gasteiger partial charge is 0.507 e. The van der Waals surface area contributed by atoms with Crippen LogP contribution in [0.2, 0.25) is 0 Å². The van der Waals surface area contributed by atoms with Crippen molar-refractivity contribution in [2.75, 3.05) is 64.3 Å². The number of carbonyl (C=O) groups excluding carboxylic acids is 3. The minimum Gasteiger partial charge on any atom is -0.507 e. The number of rotatable bonds is 13. The molecule has 0 spiro atoms. The molecule has 63 heavy (non-hydrogen) atoms. The molecule has 7 rings (SSSR count). The lowest BCUT2D eigenvalue weighted by Crippen LogP contribution is -2.51. The number of para-hydroxylation sites is 1. The molecule has 4 heterocycles. The highest BCUT2D eigenvalue weighted by atomic mass is 19.1. The SMILES string of the molecule is Cc1cc(C(=O)N2CCC(F)(CN3CCC(n4ccc5c(C)c(N(C)CCC(=O)NC=O)ccc54)CC3)CC2)ccc1C1CN(C(/C=C(\N)c2ccccc2O)=C(N)N)CC(C)O1. The minimum atomic E-state index is -1.36. The Morgan fingerprint density at radius 1 is 0.984 bits per heavy atom. The van der Waals surface area contributed by atoms with Gasteiger partial charge in [-0.15, -0.1) is 0 Å². The normalized spacial score (nSPS) is 19.8. The molecule has 3 aromatic carbocycles. The smallest absolute Gasteiger partial charge is 0.253 e. The number of carbonyl (C=O) groups is 3. The number of aromatic hydroxyl groups is 1. The number of aryl methyl sites for hydroxylation is 2. The number of phenols is 1. The first-order valence-corrected chi connectivity index (χ1v) is 21.9. The Morgan fingerprint density at radius 2 is 1.71 bits per heavy atom. The average molecular weight is 864 g/mol. The summed E-state index contributed by atoms with van der Waals surface area (Å²) in [6, 6.07) is 19.2. The molecule has 2 atom stereocenters. The number of anilines is 1. The van der Waals surface area contributed by atoms with E-state index in [-0.39, 0.29) is 42.0 Å². The van der Waals surface area contributed by atoms with Crippen molar-refractivity contribution in [3.63, 3.8) is 0 Å². The number of halogens is 1. The number of piperidine rings is 2. The highest BCUT2D eigenvalue weighted by Crippen LogP contribution is 2.36. The standard InChI is InChI=1S/C48H62FN9O5/c1-31-25-34(9-10-36(31)44-28-57(27-32(2)63-44)42(46(51)52)26-39(50)38-7-5-6-8-43(38)60)47(62)56-23-17-48(49,18-24-56)29-55-20-13-35(14-21-55)58-22-15-37-33(3)40(11-12-41(37)58)54(4)19-16-45(61)53-30-59/h5-12,15,22,25-26,30,32,35,44,60H,13-14,16-21,23-24,27-29,50-52H2,1-4H3,(H,53,59,61)/b39-26-. The molecule has 336 valence electrons. The maximum atomic E-state index is 16.4. The second-order valence-corrected chi connectivity index (χ2v) is 17.5. The molecule has 3 aliphatic rings. The molecular formula is C48H62FN9O5. The molecule has 3 amide bonds. The second-order valence-electron chi connectivity index (χ2n) is 17.5. The van der Waals surface area contributed by atoms with Gasteiger partial charge in [0.15, 0.2) is 0 Å². The quantitative estimate of drug-likeness (QED) is 0.0879. The van der Waals surface area contributed by atoms with Crippen LogP contribution in [0.5, 0.6) is 5.75 Å². The third-order valence-electron chi connectivity index (χ3n) is 13.1. The van der Waals surface area contributed by atoms with Gasteiger partial charge in [-0.25, -0.2) is 4.39 Å². The number of nitrogens with one attached hydrogen (secondary N) is 1. The maximum absolute atomic E-state index is 16.4. The summed E-state index contributed by atoms with van der Waals surface area (Å²) in [7, 11) is 1.95. The summed E-state index contributed by atoms with van der Waals surface area (Å²) in [6.07, 6.45) is 6.38. The fraction of sp³-hybridized carbons (Fsp3) is 0.438. The first kappa shape index (κ1) is 45.0. The van der Waals surface area contributed by atoms with Crippen LogP contribution in [0.25, 0.3) is 16.6 Å². The first-order chi connectivity index (χ1) is 30.1. The fourth-order valence-corrected chi connectivity index (χ4v) is 9.63. The van der Waals surface area contributed by atoms with Gasteiger partial charge in [0.2, 0.25) is 12.3 Å². The summed E-state index contributed by atoms with van der Waals surface area (Å²) in [5.74, 6) is -0.253. The van der Waals surface area contributed by atoms with Gasteiger partial charge in [-0.05, 0) is 98.8 Å². The van der Waals surface area contributed by atoms with Crippen LogP contribution in [0.15, 0.2) is 84.5 Å². The lowest BCUT2D eigenvalue weighted by Gasteiger charge is -2.41. The van der Waals surface area contributed by atoms with Gasteiger partial charge < -0.3 is 51.2 Å². The number of phenolic OH excluding ortho intramolecular Hbond substituents is 1. The lowest BCUT2D eigenvalue weighted by atomic mass is 9.91. The summed E-state index contributed by atoms with van der Waals surface area (Å²) in [4.78, 5) is 44.3. The van der Waals surface area contributed by atoms with Crippen LogP contribution in [0.1, 0.15) is 83.8 Å². The monoisotopic (exact) mass is 863 g/mol. The van der Waals surface area contributed by atoms with Crippen LogP contribution in [-0.2, 0) is 14.3 Å². The minimum absolute atomic E-state index is 0.0558. The first-order valence-electron chi connectivity index (χ1n) is 21.9. The molecule has 0 radical (unpaired) electrons. The van der Waals surface area contributed by atoms with Crippen molar-refractivity contribution >= 4 is 40.5 Å². The molecule has 0 bridgehead atoms. The number of fused-ring (bicyclic) bond motifs is 1. The summed E-state index contributed by atoms with van der Waals surface area (Å²) < 4.78 is 25.2. The number of hydrogen-bond donors (Lipinski definition) is 5. The predicted octanol–water partition coefficient (Wildman–Crippen LogP) is 5.19. The van der Waals surface area contributed by atoms with Crippen LogP contribution in [0.3, 0.4) is 0 Å². The van der Waals surface area contributed by atoms with Gasteiger partial charge in [0.1, 0.15) is 23.3 Å². The number of allylic oxidation sites excluding steroid dienone is 1. The van der Waals surface area contributed by atoms with E-state index in [0.29, 0.717) is 87.1 Å². The zero-order chi connectivity index (χ0) is 45.0. The van der Waals surface area contributed by atoms with Crippen molar-refractivity contribution < 1.29 is 28.6 Å². The zero-order valence-electron chi connectivity index (χ0n) is 36.9. The Morgan fingerprint density at radius 3 is 2.40 bits per heavy atom. The Hall–Kier alpha value is -6.06. The molecule has 3 fully saturated rings. The van der Waals surface area contributed by atoms with E-state index < -0.39 is 5.67 Å². The molecule has 8 N–H and O–H groups in total. The number of alkyl halides is 1. The van der Waals surface area contributed by atoms with Gasteiger partial charge in [-0.3, -0.25) is 19.7 Å². The Bertz CT molecular complexity index is 2380. The van der Waals surface area contributed by atoms with Crippen LogP contribution >= 0.6 is 0 Å². The molecule has 0 aliphatic carbocycles. The Kier molecular flexibility index (Phi) is 13.7. The number of nitrogens with two attached hydrogens (primary N) is 3. The summed E-state index contributed by atoms with van der Waals surface area (Å²) in [5, 5.41) is 13.7. The fourth-order valence-electron chi connectivity index (χ4n) is 9.63. The number of likely N-dealkylation sites (tertiary alicyclic amines) is 2. The molecular weight excluding hydrogens is 802 g/mol. The van der Waals surface area contributed by atoms with Crippen molar-refractivity contribution in [2.24, 2.45) is 17.2 Å². The Labute approximate surface area is 369 Å². The van der Waals surface area contributed by atoms with Crippen LogP contribution in [-0.4, -0.2) is 114 Å². The summed E-state index contributed by atoms with van der Waals surface area (Å²) in [6.45, 7) is 10.2. The number of amides is 3.